The number of esters is 1. The Morgan fingerprint density at radius 2 is 1.37 bits per heavy atom. The lowest BCUT2D eigenvalue weighted by Gasteiger charge is -2.27. The van der Waals surface area contributed by atoms with Gasteiger partial charge in [0.15, 0.2) is 0 Å². The van der Waals surface area contributed by atoms with Gasteiger partial charge < -0.3 is 31.2 Å². The first kappa shape index (κ1) is 43.5. The molecule has 14 nitrogen and oxygen atoms in total. The summed E-state index contributed by atoms with van der Waals surface area (Å²) in [5.41, 5.74) is 6.70. The Kier molecular flexibility index (Phi) is 17.1. The van der Waals surface area contributed by atoms with Crippen LogP contribution >= 0.6 is 0 Å². The van der Waals surface area contributed by atoms with Gasteiger partial charge >= 0.3 is 12.1 Å². The number of carbonyl (C=O) groups is 4. The van der Waals surface area contributed by atoms with Crippen molar-refractivity contribution >= 4 is 39.9 Å². The molecule has 0 radical (unpaired) electrons. The number of benzene rings is 2. The van der Waals surface area contributed by atoms with Gasteiger partial charge in [0.2, 0.25) is 17.8 Å². The maximum Gasteiger partial charge on any atom is 0.408 e. The molecule has 0 saturated carbocycles. The monoisotopic (exact) mass is 744 g/mol. The Morgan fingerprint density at radius 1 is 0.808 bits per heavy atom. The number of amides is 3. The van der Waals surface area contributed by atoms with Gasteiger partial charge in [-0.1, -0.05) is 75.7 Å². The quantitative estimate of drug-likeness (QED) is 0.0645. The standard InChI is InChI=1S/C37H56N6O8S/c1-24(2)21-30(33(45)41-31(22-25(3)4)34(46)50-23-27-13-10-9-11-14-27)40-32(44)29(42-36(47)51-37(6,7)8)15-12-20-39-35(38)43-52(48,49)28-18-16-26(5)17-19-28/h9-11,13-14,16-19,24-25,29-31H,12,15,20-23H2,1-8H3,(H,40,44)(H,41,45)(H,42,47)(H3,38,39,43)/t29-,30-,31-/m0/s1. The van der Waals surface area contributed by atoms with Crippen LogP contribution in [0.3, 0.4) is 0 Å². The second-order valence-electron chi connectivity index (χ2n) is 14.5. The van der Waals surface area contributed by atoms with Gasteiger partial charge in [-0.2, -0.15) is 0 Å². The Hall–Kier alpha value is -4.66. The fraction of sp³-hybridized carbons (Fsp3) is 0.541. The van der Waals surface area contributed by atoms with Crippen LogP contribution in [0.2, 0.25) is 0 Å². The van der Waals surface area contributed by atoms with Gasteiger partial charge in [-0.05, 0) is 82.9 Å². The van der Waals surface area contributed by atoms with E-state index in [1.165, 1.54) is 12.1 Å². The smallest absolute Gasteiger partial charge is 0.408 e. The Bertz CT molecular complexity index is 1610. The number of guanidine groups is 1. The van der Waals surface area contributed by atoms with E-state index in [1.807, 2.05) is 65.0 Å². The predicted octanol–water partition coefficient (Wildman–Crippen LogP) is 4.07. The number of nitrogens with two attached hydrogens (primary N) is 1. The third-order valence-electron chi connectivity index (χ3n) is 7.38. The molecule has 0 spiro atoms. The van der Waals surface area contributed by atoms with E-state index >= 15 is 0 Å². The zero-order valence-corrected chi connectivity index (χ0v) is 32.3. The zero-order chi connectivity index (χ0) is 39.1. The summed E-state index contributed by atoms with van der Waals surface area (Å²) in [6.07, 6.45) is -0.0400. The number of nitrogens with zero attached hydrogens (tertiary/aromatic N) is 1. The number of hydrogen-bond acceptors (Lipinski definition) is 9. The van der Waals surface area contributed by atoms with Gasteiger partial charge in [0.25, 0.3) is 10.0 Å². The molecule has 0 unspecified atom stereocenters. The average Bonchev–Trinajstić information content (AvgIpc) is 3.03. The topological polar surface area (TPSA) is 207 Å². The lowest BCUT2D eigenvalue weighted by atomic mass is 10.00. The fourth-order valence-corrected chi connectivity index (χ4v) is 5.87. The minimum Gasteiger partial charge on any atom is -0.459 e. The molecule has 6 N–H and O–H groups in total. The maximum atomic E-state index is 13.7. The molecule has 0 aliphatic rings. The number of aliphatic imine (C=N–C) groups is 1. The first-order valence-electron chi connectivity index (χ1n) is 17.5. The lowest BCUT2D eigenvalue weighted by molar-refractivity contribution is -0.150. The number of rotatable bonds is 18. The highest BCUT2D eigenvalue weighted by molar-refractivity contribution is 7.90. The minimum absolute atomic E-state index is 0.0138. The van der Waals surface area contributed by atoms with Crippen molar-refractivity contribution in [3.63, 3.8) is 0 Å². The van der Waals surface area contributed by atoms with Crippen molar-refractivity contribution in [2.45, 2.75) is 116 Å². The summed E-state index contributed by atoms with van der Waals surface area (Å²) in [7, 11) is -3.96. The summed E-state index contributed by atoms with van der Waals surface area (Å²) < 4.78 is 38.4. The summed E-state index contributed by atoms with van der Waals surface area (Å²) in [5.74, 6) is -2.14. The van der Waals surface area contributed by atoms with Crippen LogP contribution in [0.4, 0.5) is 4.79 Å². The molecule has 0 aliphatic carbocycles. The molecule has 3 amide bonds. The van der Waals surface area contributed by atoms with Crippen LogP contribution in [-0.4, -0.2) is 68.5 Å². The highest BCUT2D eigenvalue weighted by Gasteiger charge is 2.32. The van der Waals surface area contributed by atoms with Crippen molar-refractivity contribution in [3.05, 3.63) is 65.7 Å². The summed E-state index contributed by atoms with van der Waals surface area (Å²) in [5, 5.41) is 8.10. The molecule has 0 saturated heterocycles. The number of aryl methyl sites for hydroxylation is 1. The molecule has 0 bridgehead atoms. The van der Waals surface area contributed by atoms with Crippen LogP contribution in [0.5, 0.6) is 0 Å². The fourth-order valence-electron chi connectivity index (χ4n) is 4.92. The number of sulfonamides is 1. The van der Waals surface area contributed by atoms with Crippen LogP contribution in [-0.2, 0) is 40.5 Å². The summed E-state index contributed by atoms with van der Waals surface area (Å²) >= 11 is 0. The Balaban J connectivity index is 2.17. The van der Waals surface area contributed by atoms with Crippen LogP contribution in [0.25, 0.3) is 0 Å². The molecule has 52 heavy (non-hydrogen) atoms. The molecule has 0 fully saturated rings. The van der Waals surface area contributed by atoms with Gasteiger partial charge in [0.05, 0.1) is 4.90 Å². The van der Waals surface area contributed by atoms with E-state index in [0.29, 0.717) is 6.42 Å². The normalized spacial score (nSPS) is 13.8. The minimum atomic E-state index is -3.96. The molecule has 15 heteroatoms. The molecule has 0 heterocycles. The van der Waals surface area contributed by atoms with E-state index in [0.717, 1.165) is 11.1 Å². The van der Waals surface area contributed by atoms with Crippen LogP contribution in [0, 0.1) is 18.8 Å². The van der Waals surface area contributed by atoms with Crippen LogP contribution in [0.15, 0.2) is 64.5 Å². The van der Waals surface area contributed by atoms with E-state index in [9.17, 15) is 27.6 Å². The van der Waals surface area contributed by atoms with Crippen molar-refractivity contribution in [2.24, 2.45) is 22.6 Å². The third kappa shape index (κ3) is 16.6. The van der Waals surface area contributed by atoms with E-state index < -0.39 is 57.6 Å². The predicted molar refractivity (Wildman–Crippen MR) is 199 cm³/mol. The number of carbonyl (C=O) groups excluding carboxylic acids is 4. The van der Waals surface area contributed by atoms with Crippen molar-refractivity contribution < 1.29 is 37.1 Å². The molecular formula is C37H56N6O8S. The van der Waals surface area contributed by atoms with E-state index in [2.05, 4.69) is 25.7 Å². The molecule has 2 rings (SSSR count). The Labute approximate surface area is 308 Å². The van der Waals surface area contributed by atoms with Crippen molar-refractivity contribution in [1.82, 2.24) is 20.7 Å². The molecular weight excluding hydrogens is 689 g/mol. The third-order valence-corrected chi connectivity index (χ3v) is 8.75. The lowest BCUT2D eigenvalue weighted by Crippen LogP contribution is -2.56. The highest BCUT2D eigenvalue weighted by Crippen LogP contribution is 2.14. The van der Waals surface area contributed by atoms with Crippen LogP contribution < -0.4 is 26.4 Å². The number of ether oxygens (including phenoxy) is 2. The SMILES string of the molecule is Cc1ccc(S(=O)(=O)NC(N)=NCCC[C@H](NC(=O)OC(C)(C)C)C(=O)N[C@@H](CC(C)C)C(=O)N[C@@H](CC(C)C)C(=O)OCc2ccccc2)cc1. The first-order chi connectivity index (χ1) is 24.3. The number of alkyl carbamates (subject to hydrolysis) is 1. The van der Waals surface area contributed by atoms with E-state index in [4.69, 9.17) is 15.2 Å². The molecule has 3 atom stereocenters. The largest absolute Gasteiger partial charge is 0.459 e. The van der Waals surface area contributed by atoms with Gasteiger partial charge in [-0.25, -0.2) is 22.7 Å². The maximum absolute atomic E-state index is 13.7. The highest BCUT2D eigenvalue weighted by atomic mass is 32.2. The molecule has 2 aromatic rings. The molecule has 0 aliphatic heterocycles. The Morgan fingerprint density at radius 3 is 1.94 bits per heavy atom. The van der Waals surface area contributed by atoms with Gasteiger partial charge in [-0.15, -0.1) is 0 Å². The van der Waals surface area contributed by atoms with E-state index in [-0.39, 0.29) is 55.1 Å². The van der Waals surface area contributed by atoms with Gasteiger partial charge in [0.1, 0.15) is 30.3 Å². The number of hydrogen-bond donors (Lipinski definition) is 5. The van der Waals surface area contributed by atoms with Crippen molar-refractivity contribution in [1.29, 1.82) is 0 Å². The number of nitrogens with one attached hydrogen (secondary N) is 4. The second kappa shape index (κ2) is 20.4. The van der Waals surface area contributed by atoms with Crippen molar-refractivity contribution in [3.8, 4) is 0 Å². The van der Waals surface area contributed by atoms with Gasteiger partial charge in [0, 0.05) is 6.54 Å². The summed E-state index contributed by atoms with van der Waals surface area (Å²) in [4.78, 5) is 57.3. The van der Waals surface area contributed by atoms with Crippen molar-refractivity contribution in [2.75, 3.05) is 6.54 Å². The second-order valence-corrected chi connectivity index (χ2v) is 16.2. The van der Waals surface area contributed by atoms with E-state index in [1.54, 1.807) is 32.9 Å². The molecule has 288 valence electrons. The van der Waals surface area contributed by atoms with Crippen LogP contribution in [0.1, 0.15) is 85.3 Å². The molecule has 0 aromatic heterocycles. The summed E-state index contributed by atoms with van der Waals surface area (Å²) in [6.45, 7) is 14.5. The first-order valence-corrected chi connectivity index (χ1v) is 18.9. The zero-order valence-electron chi connectivity index (χ0n) is 31.5. The molecule has 2 aromatic carbocycles. The average molecular weight is 745 g/mol. The summed E-state index contributed by atoms with van der Waals surface area (Å²) in [6, 6.07) is 12.2. The van der Waals surface area contributed by atoms with Gasteiger partial charge in [-0.3, -0.25) is 14.6 Å².